The van der Waals surface area contributed by atoms with Gasteiger partial charge in [0.1, 0.15) is 5.75 Å². The largest absolute Gasteiger partial charge is 0.496 e. The average Bonchev–Trinajstić information content (AvgIpc) is 2.79. The number of hydrogen-bond donors (Lipinski definition) is 1. The van der Waals surface area contributed by atoms with Gasteiger partial charge in [0.15, 0.2) is 0 Å². The maximum atomic E-state index is 13.3. The molecule has 1 atom stereocenters. The lowest BCUT2D eigenvalue weighted by Gasteiger charge is -2.24. The van der Waals surface area contributed by atoms with Crippen molar-refractivity contribution in [2.45, 2.75) is 24.4 Å². The van der Waals surface area contributed by atoms with Gasteiger partial charge >= 0.3 is 0 Å². The number of ether oxygens (including phenoxy) is 1. The standard InChI is InChI=1S/C24H25ClN2O4S/c1-18(22-10-6-7-11-23(22)31-2)26-24(28)17-27(16-19-8-4-3-5-9-19)32(29,30)21-14-12-20(25)13-15-21/h3-15,18H,16-17H2,1-2H3,(H,26,28)/t18-/m1/s1. The van der Waals surface area contributed by atoms with Gasteiger partial charge in [0, 0.05) is 17.1 Å². The zero-order valence-corrected chi connectivity index (χ0v) is 19.4. The first-order chi connectivity index (χ1) is 15.3. The van der Waals surface area contributed by atoms with E-state index in [-0.39, 0.29) is 24.0 Å². The third-order valence-electron chi connectivity index (χ3n) is 4.96. The van der Waals surface area contributed by atoms with E-state index in [9.17, 15) is 13.2 Å². The molecule has 3 rings (SSSR count). The molecule has 0 spiro atoms. The summed E-state index contributed by atoms with van der Waals surface area (Å²) in [6.45, 7) is 1.55. The Morgan fingerprint density at radius 1 is 1.00 bits per heavy atom. The van der Waals surface area contributed by atoms with Gasteiger partial charge in [-0.1, -0.05) is 60.1 Å². The third kappa shape index (κ3) is 5.88. The molecule has 0 bridgehead atoms. The summed E-state index contributed by atoms with van der Waals surface area (Å²) in [5, 5.41) is 3.31. The van der Waals surface area contributed by atoms with Crippen molar-refractivity contribution in [1.82, 2.24) is 9.62 Å². The molecule has 6 nitrogen and oxygen atoms in total. The Morgan fingerprint density at radius 3 is 2.28 bits per heavy atom. The van der Waals surface area contributed by atoms with Crippen LogP contribution in [0.1, 0.15) is 24.1 Å². The maximum absolute atomic E-state index is 13.3. The molecule has 0 aliphatic carbocycles. The van der Waals surface area contributed by atoms with Crippen LogP contribution in [0.4, 0.5) is 0 Å². The maximum Gasteiger partial charge on any atom is 0.243 e. The zero-order valence-electron chi connectivity index (χ0n) is 17.9. The second kappa shape index (κ2) is 10.6. The van der Waals surface area contributed by atoms with Gasteiger partial charge in [-0.2, -0.15) is 4.31 Å². The summed E-state index contributed by atoms with van der Waals surface area (Å²) in [4.78, 5) is 13.0. The first-order valence-electron chi connectivity index (χ1n) is 10.0. The van der Waals surface area contributed by atoms with E-state index >= 15 is 0 Å². The minimum atomic E-state index is -3.94. The molecule has 168 valence electrons. The molecule has 8 heteroatoms. The highest BCUT2D eigenvalue weighted by atomic mass is 35.5. The van der Waals surface area contributed by atoms with E-state index in [1.54, 1.807) is 7.11 Å². The lowest BCUT2D eigenvalue weighted by atomic mass is 10.1. The molecule has 3 aromatic rings. The Balaban J connectivity index is 1.83. The van der Waals surface area contributed by atoms with E-state index in [0.29, 0.717) is 10.8 Å². The number of nitrogens with one attached hydrogen (secondary N) is 1. The number of sulfonamides is 1. The number of hydrogen-bond acceptors (Lipinski definition) is 4. The highest BCUT2D eigenvalue weighted by Crippen LogP contribution is 2.25. The fourth-order valence-electron chi connectivity index (χ4n) is 3.32. The van der Waals surface area contributed by atoms with Crippen LogP contribution in [-0.2, 0) is 21.4 Å². The number of carbonyl (C=O) groups excluding carboxylic acids is 1. The Bertz CT molecular complexity index is 1150. The van der Waals surface area contributed by atoms with Crippen molar-refractivity contribution in [1.29, 1.82) is 0 Å². The first-order valence-corrected chi connectivity index (χ1v) is 11.8. The van der Waals surface area contributed by atoms with Crippen LogP contribution in [0.3, 0.4) is 0 Å². The van der Waals surface area contributed by atoms with Gasteiger partial charge in [0.25, 0.3) is 0 Å². The minimum Gasteiger partial charge on any atom is -0.496 e. The van der Waals surface area contributed by atoms with E-state index < -0.39 is 15.9 Å². The van der Waals surface area contributed by atoms with Crippen LogP contribution in [0.5, 0.6) is 5.75 Å². The lowest BCUT2D eigenvalue weighted by molar-refractivity contribution is -0.122. The number of methoxy groups -OCH3 is 1. The summed E-state index contributed by atoms with van der Waals surface area (Å²) in [6, 6.07) is 22.0. The van der Waals surface area contributed by atoms with Gasteiger partial charge in [-0.15, -0.1) is 0 Å². The van der Waals surface area contributed by atoms with Crippen LogP contribution in [0.15, 0.2) is 83.8 Å². The van der Waals surface area contributed by atoms with E-state index in [2.05, 4.69) is 5.32 Å². The molecule has 0 saturated heterocycles. The van der Waals surface area contributed by atoms with Crippen molar-refractivity contribution >= 4 is 27.5 Å². The van der Waals surface area contributed by atoms with Crippen LogP contribution >= 0.6 is 11.6 Å². The zero-order chi connectivity index (χ0) is 23.1. The number of halogens is 1. The van der Waals surface area contributed by atoms with E-state index in [1.807, 2.05) is 61.5 Å². The van der Waals surface area contributed by atoms with Crippen molar-refractivity contribution in [2.75, 3.05) is 13.7 Å². The quantitative estimate of drug-likeness (QED) is 0.500. The van der Waals surface area contributed by atoms with Crippen LogP contribution in [-0.4, -0.2) is 32.3 Å². The molecule has 32 heavy (non-hydrogen) atoms. The van der Waals surface area contributed by atoms with Gasteiger partial charge in [-0.3, -0.25) is 4.79 Å². The normalized spacial score (nSPS) is 12.4. The number of amides is 1. The number of nitrogens with zero attached hydrogens (tertiary/aromatic N) is 1. The van der Waals surface area contributed by atoms with Crippen LogP contribution in [0.25, 0.3) is 0 Å². The predicted molar refractivity (Wildman–Crippen MR) is 125 cm³/mol. The number of benzene rings is 3. The Labute approximate surface area is 193 Å². The second-order valence-corrected chi connectivity index (χ2v) is 9.62. The molecule has 1 amide bonds. The predicted octanol–water partition coefficient (Wildman–Crippen LogP) is 4.42. The molecule has 0 aliphatic heterocycles. The van der Waals surface area contributed by atoms with Crippen LogP contribution in [0, 0.1) is 0 Å². The Morgan fingerprint density at radius 2 is 1.62 bits per heavy atom. The number of carbonyl (C=O) groups is 1. The fraction of sp³-hybridized carbons (Fsp3) is 0.208. The summed E-state index contributed by atoms with van der Waals surface area (Å²) in [5.41, 5.74) is 1.58. The monoisotopic (exact) mass is 472 g/mol. The summed E-state index contributed by atoms with van der Waals surface area (Å²) in [7, 11) is -2.37. The molecule has 0 aromatic heterocycles. The van der Waals surface area contributed by atoms with Crippen molar-refractivity contribution in [3.05, 3.63) is 95.0 Å². The number of rotatable bonds is 9. The van der Waals surface area contributed by atoms with Crippen molar-refractivity contribution in [2.24, 2.45) is 0 Å². The number of para-hydroxylation sites is 1. The summed E-state index contributed by atoms with van der Waals surface area (Å²) >= 11 is 5.91. The Hall–Kier alpha value is -2.87. The SMILES string of the molecule is COc1ccccc1[C@@H](C)NC(=O)CN(Cc1ccccc1)S(=O)(=O)c1ccc(Cl)cc1. The highest BCUT2D eigenvalue weighted by molar-refractivity contribution is 7.89. The fourth-order valence-corrected chi connectivity index (χ4v) is 4.83. The molecule has 0 unspecified atom stereocenters. The van der Waals surface area contributed by atoms with Crippen molar-refractivity contribution in [3.63, 3.8) is 0 Å². The lowest BCUT2D eigenvalue weighted by Crippen LogP contribution is -2.41. The molecule has 0 fully saturated rings. The van der Waals surface area contributed by atoms with Crippen LogP contribution < -0.4 is 10.1 Å². The molecule has 3 aromatic carbocycles. The van der Waals surface area contributed by atoms with Gasteiger partial charge < -0.3 is 10.1 Å². The van der Waals surface area contributed by atoms with Crippen LogP contribution in [0.2, 0.25) is 5.02 Å². The molecule has 1 N–H and O–H groups in total. The molecular formula is C24H25ClN2O4S. The summed E-state index contributed by atoms with van der Waals surface area (Å²) < 4.78 is 33.2. The van der Waals surface area contributed by atoms with Gasteiger partial charge in [0.05, 0.1) is 24.6 Å². The summed E-state index contributed by atoms with van der Waals surface area (Å²) in [5.74, 6) is 0.229. The molecule has 0 radical (unpaired) electrons. The van der Waals surface area contributed by atoms with Gasteiger partial charge in [-0.05, 0) is 42.8 Å². The van der Waals surface area contributed by atoms with Gasteiger partial charge in [-0.25, -0.2) is 8.42 Å². The summed E-state index contributed by atoms with van der Waals surface area (Å²) in [6.07, 6.45) is 0. The average molecular weight is 473 g/mol. The van der Waals surface area contributed by atoms with E-state index in [4.69, 9.17) is 16.3 Å². The molecule has 0 heterocycles. The van der Waals surface area contributed by atoms with Gasteiger partial charge in [0.2, 0.25) is 15.9 Å². The van der Waals surface area contributed by atoms with E-state index in [1.165, 1.54) is 24.3 Å². The smallest absolute Gasteiger partial charge is 0.243 e. The molecular weight excluding hydrogens is 448 g/mol. The van der Waals surface area contributed by atoms with Crippen molar-refractivity contribution < 1.29 is 17.9 Å². The van der Waals surface area contributed by atoms with Crippen molar-refractivity contribution in [3.8, 4) is 5.75 Å². The third-order valence-corrected chi connectivity index (χ3v) is 7.01. The Kier molecular flexibility index (Phi) is 7.90. The first kappa shape index (κ1) is 23.8. The highest BCUT2D eigenvalue weighted by Gasteiger charge is 2.27. The molecule has 0 aliphatic rings. The topological polar surface area (TPSA) is 75.7 Å². The second-order valence-electron chi connectivity index (χ2n) is 7.24. The minimum absolute atomic E-state index is 0.0578. The van der Waals surface area contributed by atoms with E-state index in [0.717, 1.165) is 15.4 Å². The molecule has 0 saturated carbocycles.